The number of amides is 1. The first kappa shape index (κ1) is 15.8. The summed E-state index contributed by atoms with van der Waals surface area (Å²) >= 11 is 0. The van der Waals surface area contributed by atoms with Gasteiger partial charge in [-0.2, -0.15) is 0 Å². The Balaban J connectivity index is 2.05. The van der Waals surface area contributed by atoms with Crippen molar-refractivity contribution in [1.82, 2.24) is 0 Å². The van der Waals surface area contributed by atoms with Crippen LogP contribution in [0.2, 0.25) is 0 Å². The summed E-state index contributed by atoms with van der Waals surface area (Å²) in [6, 6.07) is 7.64. The molecule has 1 aliphatic carbocycles. The largest absolute Gasteiger partial charge is 0.444 e. The van der Waals surface area contributed by atoms with Gasteiger partial charge in [-0.15, -0.1) is 0 Å². The van der Waals surface area contributed by atoms with Gasteiger partial charge in [-0.3, -0.25) is 5.32 Å². The molecule has 1 atom stereocenters. The minimum atomic E-state index is -0.511. The average molecular weight is 291 g/mol. The van der Waals surface area contributed by atoms with E-state index in [0.717, 1.165) is 12.0 Å². The number of hydrogen-bond acceptors (Lipinski definition) is 3. The van der Waals surface area contributed by atoms with E-state index in [0.29, 0.717) is 5.69 Å². The van der Waals surface area contributed by atoms with Crippen LogP contribution in [0.5, 0.6) is 0 Å². The number of hydrogen-bond donors (Lipinski definition) is 2. The number of benzene rings is 1. The van der Waals surface area contributed by atoms with Crippen LogP contribution in [0.3, 0.4) is 0 Å². The summed E-state index contributed by atoms with van der Waals surface area (Å²) < 4.78 is 5.22. The Morgan fingerprint density at radius 3 is 2.19 bits per heavy atom. The zero-order valence-electron chi connectivity index (χ0n) is 13.5. The number of aliphatic hydroxyl groups excluding tert-OH is 1. The van der Waals surface area contributed by atoms with Gasteiger partial charge in [-0.25, -0.2) is 4.79 Å². The van der Waals surface area contributed by atoms with E-state index in [-0.39, 0.29) is 17.4 Å². The van der Waals surface area contributed by atoms with Gasteiger partial charge in [0.25, 0.3) is 0 Å². The number of rotatable bonds is 3. The highest BCUT2D eigenvalue weighted by Gasteiger charge is 2.61. The molecule has 1 aromatic carbocycles. The lowest BCUT2D eigenvalue weighted by atomic mass is 9.88. The smallest absolute Gasteiger partial charge is 0.412 e. The Bertz CT molecular complexity index is 528. The Labute approximate surface area is 126 Å². The van der Waals surface area contributed by atoms with Crippen molar-refractivity contribution in [2.75, 3.05) is 11.9 Å². The molecule has 1 unspecified atom stereocenters. The van der Waals surface area contributed by atoms with Crippen molar-refractivity contribution >= 4 is 11.8 Å². The summed E-state index contributed by atoms with van der Waals surface area (Å²) in [6.45, 7) is 9.96. The van der Waals surface area contributed by atoms with E-state index in [9.17, 15) is 9.90 Å². The van der Waals surface area contributed by atoms with Crippen LogP contribution >= 0.6 is 0 Å². The minimum absolute atomic E-state index is 0.127. The number of nitrogens with one attached hydrogen (secondary N) is 1. The predicted octanol–water partition coefficient (Wildman–Crippen LogP) is 3.69. The maximum absolute atomic E-state index is 11.7. The van der Waals surface area contributed by atoms with Crippen molar-refractivity contribution < 1.29 is 14.6 Å². The van der Waals surface area contributed by atoms with E-state index >= 15 is 0 Å². The number of carbonyl (C=O) groups is 1. The highest BCUT2D eigenvalue weighted by Crippen LogP contribution is 2.63. The summed E-state index contributed by atoms with van der Waals surface area (Å²) in [4.78, 5) is 11.7. The molecule has 2 rings (SSSR count). The lowest BCUT2D eigenvalue weighted by Gasteiger charge is -2.20. The quantitative estimate of drug-likeness (QED) is 0.893. The van der Waals surface area contributed by atoms with E-state index in [1.54, 1.807) is 0 Å². The molecule has 1 aromatic rings. The van der Waals surface area contributed by atoms with Gasteiger partial charge >= 0.3 is 6.09 Å². The number of aliphatic hydroxyl groups is 1. The molecular formula is C17H25NO3. The van der Waals surface area contributed by atoms with Gasteiger partial charge in [-0.1, -0.05) is 26.0 Å². The topological polar surface area (TPSA) is 58.6 Å². The lowest BCUT2D eigenvalue weighted by Crippen LogP contribution is -2.27. The summed E-state index contributed by atoms with van der Waals surface area (Å²) in [6.07, 6.45) is 0.522. The third kappa shape index (κ3) is 3.21. The fraction of sp³-hybridized carbons (Fsp3) is 0.588. The standard InChI is InChI=1S/C17H25NO3/c1-15(2,3)21-14(20)18-13-8-6-12(7-9-13)17(11-19)10-16(17,4)5/h6-9,19H,10-11H2,1-5H3,(H,18,20). The van der Waals surface area contributed by atoms with Crippen LogP contribution in [-0.4, -0.2) is 23.4 Å². The molecule has 4 heteroatoms. The van der Waals surface area contributed by atoms with Crippen LogP contribution in [0.15, 0.2) is 24.3 Å². The summed E-state index contributed by atoms with van der Waals surface area (Å²) in [7, 11) is 0. The molecule has 1 fully saturated rings. The average Bonchev–Trinajstić information content (AvgIpc) is 2.91. The molecule has 0 radical (unpaired) electrons. The number of carbonyl (C=O) groups excluding carboxylic acids is 1. The van der Waals surface area contributed by atoms with Gasteiger partial charge < -0.3 is 9.84 Å². The fourth-order valence-electron chi connectivity index (χ4n) is 2.86. The summed E-state index contributed by atoms with van der Waals surface area (Å²) in [5.41, 5.74) is 1.28. The molecule has 1 aliphatic rings. The van der Waals surface area contributed by atoms with Crippen molar-refractivity contribution in [3.05, 3.63) is 29.8 Å². The second-order valence-corrected chi connectivity index (χ2v) is 7.51. The van der Waals surface area contributed by atoms with E-state index in [4.69, 9.17) is 4.74 Å². The van der Waals surface area contributed by atoms with Gasteiger partial charge in [-0.05, 0) is 50.3 Å². The molecule has 0 bridgehead atoms. The van der Waals surface area contributed by atoms with E-state index in [2.05, 4.69) is 19.2 Å². The molecule has 0 aliphatic heterocycles. The van der Waals surface area contributed by atoms with Crippen molar-refractivity contribution in [1.29, 1.82) is 0 Å². The Morgan fingerprint density at radius 1 is 1.29 bits per heavy atom. The predicted molar refractivity (Wildman–Crippen MR) is 83.5 cm³/mol. The molecule has 0 spiro atoms. The monoisotopic (exact) mass is 291 g/mol. The van der Waals surface area contributed by atoms with Gasteiger partial charge in [0.1, 0.15) is 5.60 Å². The zero-order chi connectivity index (χ0) is 15.9. The molecule has 0 saturated heterocycles. The highest BCUT2D eigenvalue weighted by molar-refractivity contribution is 5.84. The molecule has 21 heavy (non-hydrogen) atoms. The third-order valence-electron chi connectivity index (χ3n) is 4.27. The van der Waals surface area contributed by atoms with Crippen LogP contribution in [0.25, 0.3) is 0 Å². The normalized spacial score (nSPS) is 23.5. The molecule has 1 saturated carbocycles. The second-order valence-electron chi connectivity index (χ2n) is 7.51. The van der Waals surface area contributed by atoms with Crippen LogP contribution in [0.4, 0.5) is 10.5 Å². The van der Waals surface area contributed by atoms with Crippen LogP contribution in [0.1, 0.15) is 46.6 Å². The van der Waals surface area contributed by atoms with Gasteiger partial charge in [0, 0.05) is 11.1 Å². The number of anilines is 1. The molecule has 0 aromatic heterocycles. The third-order valence-corrected chi connectivity index (χ3v) is 4.27. The Hall–Kier alpha value is -1.55. The lowest BCUT2D eigenvalue weighted by molar-refractivity contribution is 0.0636. The number of ether oxygens (including phenoxy) is 1. The highest BCUT2D eigenvalue weighted by atomic mass is 16.6. The first-order chi connectivity index (χ1) is 9.60. The van der Waals surface area contributed by atoms with Crippen LogP contribution in [0, 0.1) is 5.41 Å². The first-order valence-electron chi connectivity index (χ1n) is 7.31. The van der Waals surface area contributed by atoms with E-state index < -0.39 is 11.7 Å². The molecular weight excluding hydrogens is 266 g/mol. The fourth-order valence-corrected chi connectivity index (χ4v) is 2.86. The molecule has 4 nitrogen and oxygen atoms in total. The van der Waals surface area contributed by atoms with Crippen molar-refractivity contribution in [2.24, 2.45) is 5.41 Å². The minimum Gasteiger partial charge on any atom is -0.444 e. The maximum Gasteiger partial charge on any atom is 0.412 e. The van der Waals surface area contributed by atoms with E-state index in [1.807, 2.05) is 45.0 Å². The first-order valence-corrected chi connectivity index (χ1v) is 7.31. The van der Waals surface area contributed by atoms with Crippen molar-refractivity contribution in [3.8, 4) is 0 Å². The zero-order valence-corrected chi connectivity index (χ0v) is 13.5. The van der Waals surface area contributed by atoms with E-state index in [1.165, 1.54) is 0 Å². The van der Waals surface area contributed by atoms with Crippen molar-refractivity contribution in [3.63, 3.8) is 0 Å². The molecule has 1 amide bonds. The van der Waals surface area contributed by atoms with Crippen molar-refractivity contribution in [2.45, 2.75) is 52.1 Å². The molecule has 0 heterocycles. The van der Waals surface area contributed by atoms with Crippen LogP contribution < -0.4 is 5.32 Å². The van der Waals surface area contributed by atoms with Gasteiger partial charge in [0.15, 0.2) is 0 Å². The Kier molecular flexibility index (Phi) is 3.79. The van der Waals surface area contributed by atoms with Gasteiger partial charge in [0.2, 0.25) is 0 Å². The van der Waals surface area contributed by atoms with Gasteiger partial charge in [0.05, 0.1) is 6.61 Å². The Morgan fingerprint density at radius 2 is 1.81 bits per heavy atom. The second kappa shape index (κ2) is 5.02. The summed E-state index contributed by atoms with van der Waals surface area (Å²) in [5, 5.41) is 12.4. The molecule has 2 N–H and O–H groups in total. The summed E-state index contributed by atoms with van der Waals surface area (Å²) in [5.74, 6) is 0. The SMILES string of the molecule is CC(C)(C)OC(=O)Nc1ccc(C2(CO)CC2(C)C)cc1. The van der Waals surface area contributed by atoms with Crippen LogP contribution in [-0.2, 0) is 10.2 Å². The molecule has 116 valence electrons. The maximum atomic E-state index is 11.7.